The van der Waals surface area contributed by atoms with Gasteiger partial charge < -0.3 is 14.7 Å². The molecule has 0 radical (unpaired) electrons. The van der Waals surface area contributed by atoms with Crippen molar-refractivity contribution in [1.29, 1.82) is 0 Å². The Morgan fingerprint density at radius 1 is 1.27 bits per heavy atom. The number of piperidine rings is 1. The highest BCUT2D eigenvalue weighted by Crippen LogP contribution is 2.31. The van der Waals surface area contributed by atoms with Gasteiger partial charge in [-0.1, -0.05) is 11.8 Å². The summed E-state index contributed by atoms with van der Waals surface area (Å²) in [5, 5.41) is 11.8. The molecule has 0 spiro atoms. The zero-order valence-electron chi connectivity index (χ0n) is 14.1. The molecule has 1 aromatic rings. The quantitative estimate of drug-likeness (QED) is 0.573. The fourth-order valence-electron chi connectivity index (χ4n) is 3.42. The average molecular weight is 354 g/mol. The van der Waals surface area contributed by atoms with Crippen molar-refractivity contribution in [3.8, 4) is 11.8 Å². The molecule has 1 unspecified atom stereocenters. The fraction of sp³-hybridized carbons (Fsp3) is 0.421. The summed E-state index contributed by atoms with van der Waals surface area (Å²) in [7, 11) is 0. The Kier molecular flexibility index (Phi) is 4.23. The maximum absolute atomic E-state index is 12.9. The molecule has 2 N–H and O–H groups in total. The number of rotatable bonds is 2. The van der Waals surface area contributed by atoms with Crippen molar-refractivity contribution >= 4 is 17.7 Å². The van der Waals surface area contributed by atoms with Crippen molar-refractivity contribution in [3.63, 3.8) is 0 Å². The lowest BCUT2D eigenvalue weighted by Crippen LogP contribution is -2.52. The topological polar surface area (TPSA) is 95.9 Å². The summed E-state index contributed by atoms with van der Waals surface area (Å²) in [6.07, 6.45) is 0.532. The molecule has 3 aliphatic heterocycles. The van der Waals surface area contributed by atoms with E-state index in [2.05, 4.69) is 17.2 Å². The van der Waals surface area contributed by atoms with Crippen molar-refractivity contribution < 1.29 is 24.2 Å². The second-order valence-electron chi connectivity index (χ2n) is 6.73. The number of nitrogens with one attached hydrogen (secondary N) is 1. The van der Waals surface area contributed by atoms with Gasteiger partial charge in [-0.2, -0.15) is 0 Å². The average Bonchev–Trinajstić information content (AvgIpc) is 2.90. The van der Waals surface area contributed by atoms with Crippen LogP contribution < -0.4 is 5.32 Å². The van der Waals surface area contributed by atoms with Crippen molar-refractivity contribution in [2.24, 2.45) is 5.92 Å². The van der Waals surface area contributed by atoms with Crippen molar-refractivity contribution in [1.82, 2.24) is 10.2 Å². The van der Waals surface area contributed by atoms with E-state index in [1.165, 1.54) is 4.90 Å². The predicted molar refractivity (Wildman–Crippen MR) is 89.6 cm³/mol. The number of aliphatic hydroxyl groups is 1. The van der Waals surface area contributed by atoms with E-state index in [0.717, 1.165) is 5.56 Å². The minimum absolute atomic E-state index is 0.187. The van der Waals surface area contributed by atoms with Crippen LogP contribution in [0, 0.1) is 17.8 Å². The molecular weight excluding hydrogens is 336 g/mol. The number of amides is 3. The first-order chi connectivity index (χ1) is 12.6. The standard InChI is InChI=1S/C19H18N2O5/c22-8-12-5-13(2-1-11-9-26-10-11)15-7-21(19(25)14(15)6-12)16-3-4-17(23)20-18(16)24/h5-6,11,16,22H,3-4,7-10H2,(H,20,23,24). The SMILES string of the molecule is O=C1CCC(N2Cc3c(C#CC4COC4)cc(CO)cc3C2=O)C(=O)N1. The van der Waals surface area contributed by atoms with E-state index in [-0.39, 0.29) is 37.3 Å². The molecule has 4 rings (SSSR count). The van der Waals surface area contributed by atoms with E-state index >= 15 is 0 Å². The van der Waals surface area contributed by atoms with Crippen LogP contribution in [0.15, 0.2) is 12.1 Å². The van der Waals surface area contributed by atoms with Gasteiger partial charge in [0.2, 0.25) is 11.8 Å². The molecule has 2 fully saturated rings. The first-order valence-corrected chi connectivity index (χ1v) is 8.57. The van der Waals surface area contributed by atoms with Gasteiger partial charge in [0.15, 0.2) is 0 Å². The lowest BCUT2D eigenvalue weighted by atomic mass is 9.99. The smallest absolute Gasteiger partial charge is 0.255 e. The maximum Gasteiger partial charge on any atom is 0.255 e. The molecule has 7 heteroatoms. The Hall–Kier alpha value is -2.69. The summed E-state index contributed by atoms with van der Waals surface area (Å²) >= 11 is 0. The van der Waals surface area contributed by atoms with Crippen molar-refractivity contribution in [3.05, 3.63) is 34.4 Å². The molecule has 3 heterocycles. The molecule has 3 amide bonds. The van der Waals surface area contributed by atoms with E-state index < -0.39 is 11.9 Å². The first-order valence-electron chi connectivity index (χ1n) is 8.57. The van der Waals surface area contributed by atoms with E-state index in [1.54, 1.807) is 12.1 Å². The van der Waals surface area contributed by atoms with Crippen LogP contribution in [0.3, 0.4) is 0 Å². The number of carbonyl (C=O) groups excluding carboxylic acids is 3. The number of benzene rings is 1. The molecular formula is C19H18N2O5. The van der Waals surface area contributed by atoms with Crippen LogP contribution in [0.5, 0.6) is 0 Å². The Balaban J connectivity index is 1.66. The lowest BCUT2D eigenvalue weighted by Gasteiger charge is -2.29. The van der Waals surface area contributed by atoms with Crippen LogP contribution in [-0.4, -0.2) is 47.0 Å². The van der Waals surface area contributed by atoms with Gasteiger partial charge in [0.25, 0.3) is 5.91 Å². The molecule has 0 aliphatic carbocycles. The Morgan fingerprint density at radius 3 is 2.73 bits per heavy atom. The monoisotopic (exact) mass is 354 g/mol. The van der Waals surface area contributed by atoms with Crippen molar-refractivity contribution in [2.45, 2.75) is 32.0 Å². The summed E-state index contributed by atoms with van der Waals surface area (Å²) < 4.78 is 5.12. The van der Waals surface area contributed by atoms with Crippen LogP contribution in [0.25, 0.3) is 0 Å². The minimum atomic E-state index is -0.661. The molecule has 134 valence electrons. The summed E-state index contributed by atoms with van der Waals surface area (Å²) in [6, 6.07) is 2.78. The zero-order chi connectivity index (χ0) is 18.3. The highest BCUT2D eigenvalue weighted by molar-refractivity contribution is 6.05. The molecule has 0 aromatic heterocycles. The third-order valence-corrected chi connectivity index (χ3v) is 4.95. The Morgan fingerprint density at radius 2 is 2.08 bits per heavy atom. The van der Waals surface area contributed by atoms with Gasteiger partial charge >= 0.3 is 0 Å². The van der Waals surface area contributed by atoms with E-state index in [0.29, 0.717) is 36.3 Å². The Labute approximate surface area is 150 Å². The third kappa shape index (κ3) is 2.87. The van der Waals surface area contributed by atoms with Gasteiger partial charge in [-0.15, -0.1) is 0 Å². The fourth-order valence-corrected chi connectivity index (χ4v) is 3.42. The number of fused-ring (bicyclic) bond motifs is 1. The third-order valence-electron chi connectivity index (χ3n) is 4.95. The number of ether oxygens (including phenoxy) is 1. The zero-order valence-corrected chi connectivity index (χ0v) is 14.1. The number of aliphatic hydroxyl groups excluding tert-OH is 1. The second kappa shape index (κ2) is 6.56. The summed E-state index contributed by atoms with van der Waals surface area (Å²) in [6.45, 7) is 1.30. The van der Waals surface area contributed by atoms with Gasteiger partial charge in [-0.3, -0.25) is 19.7 Å². The molecule has 1 atom stereocenters. The van der Waals surface area contributed by atoms with E-state index in [9.17, 15) is 19.5 Å². The van der Waals surface area contributed by atoms with Crippen LogP contribution in [0.1, 0.15) is 39.9 Å². The molecule has 0 bridgehead atoms. The van der Waals surface area contributed by atoms with E-state index in [4.69, 9.17) is 4.74 Å². The minimum Gasteiger partial charge on any atom is -0.392 e. The van der Waals surface area contributed by atoms with Crippen molar-refractivity contribution in [2.75, 3.05) is 13.2 Å². The van der Waals surface area contributed by atoms with Gasteiger partial charge in [0.1, 0.15) is 6.04 Å². The molecule has 1 aromatic carbocycles. The lowest BCUT2D eigenvalue weighted by molar-refractivity contribution is -0.136. The molecule has 3 aliphatic rings. The van der Waals surface area contributed by atoms with Crippen LogP contribution in [-0.2, 0) is 27.5 Å². The molecule has 0 saturated carbocycles. The number of carbonyl (C=O) groups is 3. The number of nitrogens with zero attached hydrogens (tertiary/aromatic N) is 1. The second-order valence-corrected chi connectivity index (χ2v) is 6.73. The number of hydrogen-bond donors (Lipinski definition) is 2. The van der Waals surface area contributed by atoms with Gasteiger partial charge in [0, 0.05) is 24.1 Å². The summed E-state index contributed by atoms with van der Waals surface area (Å²) in [4.78, 5) is 37.9. The van der Waals surface area contributed by atoms with Gasteiger partial charge in [0.05, 0.1) is 25.7 Å². The van der Waals surface area contributed by atoms with Crippen LogP contribution in [0.2, 0.25) is 0 Å². The normalized spacial score (nSPS) is 22.4. The number of imide groups is 1. The molecule has 26 heavy (non-hydrogen) atoms. The first kappa shape index (κ1) is 16.8. The largest absolute Gasteiger partial charge is 0.392 e. The summed E-state index contributed by atoms with van der Waals surface area (Å²) in [5.41, 5.74) is 2.54. The van der Waals surface area contributed by atoms with E-state index in [1.807, 2.05) is 0 Å². The highest BCUT2D eigenvalue weighted by Gasteiger charge is 2.40. The molecule has 2 saturated heterocycles. The number of hydrogen-bond acceptors (Lipinski definition) is 5. The molecule has 7 nitrogen and oxygen atoms in total. The van der Waals surface area contributed by atoms with Gasteiger partial charge in [-0.25, -0.2) is 0 Å². The highest BCUT2D eigenvalue weighted by atomic mass is 16.5. The maximum atomic E-state index is 12.9. The van der Waals surface area contributed by atoms with Gasteiger partial charge in [-0.05, 0) is 29.7 Å². The van der Waals surface area contributed by atoms with Crippen LogP contribution in [0.4, 0.5) is 0 Å². The Bertz CT molecular complexity index is 863. The van der Waals surface area contributed by atoms with Crippen LogP contribution >= 0.6 is 0 Å². The summed E-state index contributed by atoms with van der Waals surface area (Å²) in [5.74, 6) is 5.41. The predicted octanol–water partition coefficient (Wildman–Crippen LogP) is -0.0622.